The number of hydrogen-bond donors (Lipinski definition) is 3. The number of fused-ring (bicyclic) bond motifs is 1. The molecule has 4 fully saturated rings. The lowest BCUT2D eigenvalue weighted by atomic mass is 9.78. The lowest BCUT2D eigenvalue weighted by molar-refractivity contribution is -0.146. The number of nitrogens with one attached hydrogen (secondary N) is 1. The number of ether oxygens (including phenoxy) is 2. The van der Waals surface area contributed by atoms with Crippen molar-refractivity contribution in [1.29, 1.82) is 0 Å². The number of aliphatic hydroxyl groups is 1. The summed E-state index contributed by atoms with van der Waals surface area (Å²) in [5.41, 5.74) is 4.19. The van der Waals surface area contributed by atoms with Crippen LogP contribution in [0.15, 0.2) is 36.4 Å². The van der Waals surface area contributed by atoms with E-state index < -0.39 is 18.4 Å². The number of amides is 4. The zero-order chi connectivity index (χ0) is 40.8. The second-order valence-corrected chi connectivity index (χ2v) is 17.1. The van der Waals surface area contributed by atoms with Crippen molar-refractivity contribution >= 4 is 29.7 Å². The zero-order valence-electron chi connectivity index (χ0n) is 34.3. The number of phenols is 1. The molecule has 1 unspecified atom stereocenters. The number of phenolic OH excluding ortho intramolecular Hbond substituents is 1. The fourth-order valence-corrected chi connectivity index (χ4v) is 9.80. The van der Waals surface area contributed by atoms with Gasteiger partial charge in [0.15, 0.2) is 6.10 Å². The average molecular weight is 803 g/mol. The summed E-state index contributed by atoms with van der Waals surface area (Å²) >= 11 is 0. The number of anilines is 1. The largest absolute Gasteiger partial charge is 0.507 e. The van der Waals surface area contributed by atoms with Crippen molar-refractivity contribution < 1.29 is 38.9 Å². The highest BCUT2D eigenvalue weighted by molar-refractivity contribution is 5.91. The van der Waals surface area contributed by atoms with Crippen LogP contribution in [0.3, 0.4) is 0 Å². The summed E-state index contributed by atoms with van der Waals surface area (Å²) < 4.78 is 11.6. The SMILES string of the molecule is Cc1cc(C[C@@H](OC(=O)N2CCC(N3CCc4ccccc4NC3=O)CC2)C(=O)N2CCC(C3CCN(CC(=O)OCCN4CCCC4O)CC3)CC2)cc(C)c1O. The number of benzene rings is 2. The van der Waals surface area contributed by atoms with E-state index in [0.29, 0.717) is 81.7 Å². The fraction of sp³-hybridized carbons (Fsp3) is 0.636. The van der Waals surface area contributed by atoms with Gasteiger partial charge in [-0.2, -0.15) is 0 Å². The number of esters is 1. The number of rotatable bonds is 11. The molecule has 0 saturated carbocycles. The van der Waals surface area contributed by atoms with E-state index in [1.165, 1.54) is 0 Å². The molecule has 2 aromatic rings. The molecule has 5 aliphatic rings. The maximum Gasteiger partial charge on any atom is 0.410 e. The van der Waals surface area contributed by atoms with Crippen LogP contribution in [0.4, 0.5) is 15.3 Å². The highest BCUT2D eigenvalue weighted by Gasteiger charge is 2.37. The van der Waals surface area contributed by atoms with E-state index in [2.05, 4.69) is 10.2 Å². The first kappa shape index (κ1) is 41.7. The Morgan fingerprint density at radius 3 is 2.17 bits per heavy atom. The quantitative estimate of drug-likeness (QED) is 0.277. The van der Waals surface area contributed by atoms with E-state index in [1.807, 2.05) is 64.9 Å². The van der Waals surface area contributed by atoms with Crippen molar-refractivity contribution in [3.63, 3.8) is 0 Å². The summed E-state index contributed by atoms with van der Waals surface area (Å²) in [6.45, 7) is 9.95. The molecule has 5 aliphatic heterocycles. The number of aromatic hydroxyl groups is 1. The first-order valence-electron chi connectivity index (χ1n) is 21.5. The molecule has 4 amide bonds. The summed E-state index contributed by atoms with van der Waals surface area (Å²) in [6.07, 6.45) is 5.74. The molecular weight excluding hydrogens is 741 g/mol. The lowest BCUT2D eigenvalue weighted by Gasteiger charge is -2.41. The van der Waals surface area contributed by atoms with Crippen LogP contribution in [-0.4, -0.2) is 149 Å². The Labute approximate surface area is 342 Å². The van der Waals surface area contributed by atoms with Crippen molar-refractivity contribution in [2.45, 2.75) is 96.4 Å². The van der Waals surface area contributed by atoms with Crippen LogP contribution in [-0.2, 0) is 31.9 Å². The molecule has 4 saturated heterocycles. The van der Waals surface area contributed by atoms with E-state index in [0.717, 1.165) is 81.4 Å². The Morgan fingerprint density at radius 1 is 0.845 bits per heavy atom. The van der Waals surface area contributed by atoms with Crippen LogP contribution in [0.1, 0.15) is 73.6 Å². The number of carbonyl (C=O) groups is 4. The second kappa shape index (κ2) is 19.1. The first-order chi connectivity index (χ1) is 28.0. The molecule has 2 atom stereocenters. The van der Waals surface area contributed by atoms with Gasteiger partial charge in [-0.1, -0.05) is 30.3 Å². The lowest BCUT2D eigenvalue weighted by Crippen LogP contribution is -2.52. The third-order valence-electron chi connectivity index (χ3n) is 13.3. The van der Waals surface area contributed by atoms with Gasteiger partial charge in [0.25, 0.3) is 5.91 Å². The molecular formula is C44H62N6O8. The van der Waals surface area contributed by atoms with Crippen molar-refractivity contribution in [2.75, 3.05) is 77.4 Å². The molecule has 58 heavy (non-hydrogen) atoms. The van der Waals surface area contributed by atoms with Gasteiger partial charge >= 0.3 is 18.1 Å². The third-order valence-corrected chi connectivity index (χ3v) is 13.3. The molecule has 0 spiro atoms. The van der Waals surface area contributed by atoms with Crippen LogP contribution >= 0.6 is 0 Å². The van der Waals surface area contributed by atoms with Crippen molar-refractivity contribution in [3.8, 4) is 5.75 Å². The topological polar surface area (TPSA) is 155 Å². The van der Waals surface area contributed by atoms with Crippen molar-refractivity contribution in [3.05, 3.63) is 58.7 Å². The molecule has 3 N–H and O–H groups in total. The van der Waals surface area contributed by atoms with Gasteiger partial charge in [-0.05, 0) is 125 Å². The molecule has 0 aliphatic carbocycles. The summed E-state index contributed by atoms with van der Waals surface area (Å²) in [5, 5.41) is 23.4. The predicted octanol–water partition coefficient (Wildman–Crippen LogP) is 4.52. The Hall–Kier alpha value is -4.40. The van der Waals surface area contributed by atoms with E-state index >= 15 is 0 Å². The van der Waals surface area contributed by atoms with Gasteiger partial charge in [-0.3, -0.25) is 19.4 Å². The minimum Gasteiger partial charge on any atom is -0.507 e. The Morgan fingerprint density at radius 2 is 1.50 bits per heavy atom. The standard InChI is InChI=1S/C44H62N6O8/c1-30-26-32(27-31(2)41(30)53)28-38(58-44(56)49-21-14-36(15-22-49)50-23-13-35-6-3-4-7-37(35)45-43(50)55)42(54)48-19-11-34(12-20-48)33-9-17-46(18-10-33)29-40(52)57-25-24-47-16-5-8-39(47)51/h3-4,6-7,26-27,33-34,36,38-39,51,53H,5,8-25,28-29H2,1-2H3,(H,45,55)/t38-,39?/m1/s1. The van der Waals surface area contributed by atoms with Crippen molar-refractivity contribution in [2.24, 2.45) is 11.8 Å². The number of carbonyl (C=O) groups excluding carboxylic acids is 4. The fourth-order valence-electron chi connectivity index (χ4n) is 9.80. The molecule has 316 valence electrons. The van der Waals surface area contributed by atoms with Gasteiger partial charge in [0.1, 0.15) is 18.6 Å². The number of aryl methyl sites for hydroxylation is 2. The molecule has 0 aromatic heterocycles. The summed E-state index contributed by atoms with van der Waals surface area (Å²) in [4.78, 5) is 63.2. The number of nitrogens with zero attached hydrogens (tertiary/aromatic N) is 5. The average Bonchev–Trinajstić information content (AvgIpc) is 3.55. The van der Waals surface area contributed by atoms with Gasteiger partial charge < -0.3 is 39.7 Å². The number of likely N-dealkylation sites (tertiary alicyclic amines) is 4. The molecule has 7 rings (SSSR count). The molecule has 5 heterocycles. The van der Waals surface area contributed by atoms with Gasteiger partial charge in [0.05, 0.1) is 6.54 Å². The molecule has 0 bridgehead atoms. The minimum atomic E-state index is -1.01. The van der Waals surface area contributed by atoms with Gasteiger partial charge in [0.2, 0.25) is 0 Å². The smallest absolute Gasteiger partial charge is 0.410 e. The summed E-state index contributed by atoms with van der Waals surface area (Å²) in [6, 6.07) is 11.5. The monoisotopic (exact) mass is 802 g/mol. The number of aliphatic hydroxyl groups excluding tert-OH is 1. The van der Waals surface area contributed by atoms with Crippen LogP contribution < -0.4 is 5.32 Å². The maximum atomic E-state index is 14.2. The van der Waals surface area contributed by atoms with E-state index in [1.54, 1.807) is 4.90 Å². The van der Waals surface area contributed by atoms with E-state index in [9.17, 15) is 29.4 Å². The number of hydrogen-bond acceptors (Lipinski definition) is 10. The van der Waals surface area contributed by atoms with Gasteiger partial charge in [0, 0.05) is 64.0 Å². The highest BCUT2D eigenvalue weighted by atomic mass is 16.6. The van der Waals surface area contributed by atoms with Crippen molar-refractivity contribution in [1.82, 2.24) is 24.5 Å². The van der Waals surface area contributed by atoms with Crippen LogP contribution in [0.25, 0.3) is 0 Å². The van der Waals surface area contributed by atoms with Gasteiger partial charge in [-0.25, -0.2) is 9.59 Å². The third kappa shape index (κ3) is 10.2. The molecule has 14 nitrogen and oxygen atoms in total. The van der Waals surface area contributed by atoms with E-state index in [-0.39, 0.29) is 42.7 Å². The predicted molar refractivity (Wildman–Crippen MR) is 218 cm³/mol. The van der Waals surface area contributed by atoms with Gasteiger partial charge in [-0.15, -0.1) is 0 Å². The molecule has 2 aromatic carbocycles. The van der Waals surface area contributed by atoms with Crippen LogP contribution in [0.2, 0.25) is 0 Å². The summed E-state index contributed by atoms with van der Waals surface area (Å²) in [5.74, 6) is 0.811. The normalized spacial score (nSPS) is 22.3. The zero-order valence-corrected chi connectivity index (χ0v) is 34.3. The number of para-hydroxylation sites is 1. The molecule has 14 heteroatoms. The Balaban J connectivity index is 0.894. The number of piperidine rings is 3. The molecule has 0 radical (unpaired) electrons. The van der Waals surface area contributed by atoms with Crippen LogP contribution in [0.5, 0.6) is 5.75 Å². The van der Waals surface area contributed by atoms with E-state index in [4.69, 9.17) is 9.47 Å². The number of urea groups is 1. The highest BCUT2D eigenvalue weighted by Crippen LogP contribution is 2.33. The Kier molecular flexibility index (Phi) is 13.8. The second-order valence-electron chi connectivity index (χ2n) is 17.1. The summed E-state index contributed by atoms with van der Waals surface area (Å²) in [7, 11) is 0. The maximum absolute atomic E-state index is 14.2. The first-order valence-corrected chi connectivity index (χ1v) is 21.5. The van der Waals surface area contributed by atoms with Crippen LogP contribution in [0, 0.1) is 25.7 Å². The minimum absolute atomic E-state index is 0.00476. The Bertz CT molecular complexity index is 1740.